The van der Waals surface area contributed by atoms with E-state index in [2.05, 4.69) is 15.2 Å². The van der Waals surface area contributed by atoms with Crippen LogP contribution in [0.15, 0.2) is 30.3 Å². The molecule has 0 atom stereocenters. The van der Waals surface area contributed by atoms with E-state index in [1.165, 1.54) is 32.1 Å². The van der Waals surface area contributed by atoms with Crippen molar-refractivity contribution in [3.8, 4) is 11.5 Å². The first-order chi connectivity index (χ1) is 16.6. The third-order valence-corrected chi connectivity index (χ3v) is 6.52. The Balaban J connectivity index is 1.34. The summed E-state index contributed by atoms with van der Waals surface area (Å²) in [6.07, 6.45) is 9.67. The number of ether oxygens (including phenoxy) is 2. The molecule has 1 N–H and O–H groups in total. The number of hydrogen-bond donors (Lipinski definition) is 1. The zero-order valence-electron chi connectivity index (χ0n) is 20.4. The first-order valence-corrected chi connectivity index (χ1v) is 12.1. The lowest BCUT2D eigenvalue weighted by Gasteiger charge is -2.35. The summed E-state index contributed by atoms with van der Waals surface area (Å²) in [5.74, 6) is 2.97. The zero-order valence-corrected chi connectivity index (χ0v) is 20.4. The van der Waals surface area contributed by atoms with Crippen molar-refractivity contribution < 1.29 is 14.3 Å². The van der Waals surface area contributed by atoms with Gasteiger partial charge in [0, 0.05) is 50.1 Å². The van der Waals surface area contributed by atoms with Crippen molar-refractivity contribution in [2.24, 2.45) is 0 Å². The molecule has 8 heteroatoms. The molecule has 2 aromatic rings. The predicted octanol–water partition coefficient (Wildman–Crippen LogP) is 3.91. The second-order valence-electron chi connectivity index (χ2n) is 8.93. The van der Waals surface area contributed by atoms with Crippen LogP contribution in [0.4, 0.5) is 11.8 Å². The Kier molecular flexibility index (Phi) is 7.87. The van der Waals surface area contributed by atoms with Crippen LogP contribution >= 0.6 is 0 Å². The van der Waals surface area contributed by atoms with Gasteiger partial charge in [0.25, 0.3) is 0 Å². The zero-order chi connectivity index (χ0) is 23.9. The van der Waals surface area contributed by atoms with Gasteiger partial charge in [0.15, 0.2) is 11.5 Å². The average molecular weight is 466 g/mol. The van der Waals surface area contributed by atoms with E-state index in [0.717, 1.165) is 36.1 Å². The molecular formula is C26H35N5O3. The van der Waals surface area contributed by atoms with Crippen LogP contribution in [-0.4, -0.2) is 67.2 Å². The number of aryl methyl sites for hydroxylation is 1. The molecule has 1 aliphatic heterocycles. The van der Waals surface area contributed by atoms with Crippen molar-refractivity contribution in [2.45, 2.75) is 45.1 Å². The molecule has 1 saturated carbocycles. The third-order valence-electron chi connectivity index (χ3n) is 6.52. The van der Waals surface area contributed by atoms with E-state index < -0.39 is 0 Å². The summed E-state index contributed by atoms with van der Waals surface area (Å²) >= 11 is 0. The van der Waals surface area contributed by atoms with E-state index in [1.54, 1.807) is 20.3 Å². The largest absolute Gasteiger partial charge is 0.493 e. The SMILES string of the molecule is COc1ccc(/C=C/C(=O)N2CCN(c3cc(C)nc(NC4CCCCC4)n3)CC2)cc1OC. The quantitative estimate of drug-likeness (QED) is 0.621. The van der Waals surface area contributed by atoms with Crippen molar-refractivity contribution in [2.75, 3.05) is 50.6 Å². The second kappa shape index (κ2) is 11.2. The Hall–Kier alpha value is -3.29. The highest BCUT2D eigenvalue weighted by Gasteiger charge is 2.22. The summed E-state index contributed by atoms with van der Waals surface area (Å²) < 4.78 is 10.6. The van der Waals surface area contributed by atoms with Crippen LogP contribution in [0, 0.1) is 6.92 Å². The topological polar surface area (TPSA) is 79.8 Å². The number of anilines is 2. The lowest BCUT2D eigenvalue weighted by Crippen LogP contribution is -2.48. The van der Waals surface area contributed by atoms with Gasteiger partial charge in [-0.1, -0.05) is 25.3 Å². The van der Waals surface area contributed by atoms with E-state index >= 15 is 0 Å². The Morgan fingerprint density at radius 2 is 1.74 bits per heavy atom. The van der Waals surface area contributed by atoms with Crippen molar-refractivity contribution in [3.63, 3.8) is 0 Å². The molecule has 1 aromatic heterocycles. The summed E-state index contributed by atoms with van der Waals surface area (Å²) in [6, 6.07) is 8.09. The molecule has 34 heavy (non-hydrogen) atoms. The van der Waals surface area contributed by atoms with Crippen LogP contribution in [0.3, 0.4) is 0 Å². The van der Waals surface area contributed by atoms with Crippen LogP contribution in [0.1, 0.15) is 43.4 Å². The van der Waals surface area contributed by atoms with E-state index in [9.17, 15) is 4.79 Å². The molecule has 8 nitrogen and oxygen atoms in total. The fourth-order valence-electron chi connectivity index (χ4n) is 4.59. The summed E-state index contributed by atoms with van der Waals surface area (Å²) in [5.41, 5.74) is 1.85. The van der Waals surface area contributed by atoms with Crippen molar-refractivity contribution in [1.82, 2.24) is 14.9 Å². The lowest BCUT2D eigenvalue weighted by molar-refractivity contribution is -0.126. The monoisotopic (exact) mass is 465 g/mol. The molecular weight excluding hydrogens is 430 g/mol. The molecule has 2 heterocycles. The normalized spacial score (nSPS) is 17.1. The number of aromatic nitrogens is 2. The molecule has 182 valence electrons. The minimum absolute atomic E-state index is 0.00737. The highest BCUT2D eigenvalue weighted by Crippen LogP contribution is 2.28. The maximum Gasteiger partial charge on any atom is 0.246 e. The highest BCUT2D eigenvalue weighted by atomic mass is 16.5. The molecule has 1 aliphatic carbocycles. The smallest absolute Gasteiger partial charge is 0.246 e. The number of nitrogens with zero attached hydrogens (tertiary/aromatic N) is 4. The number of piperazine rings is 1. The molecule has 0 unspecified atom stereocenters. The van der Waals surface area contributed by atoms with Gasteiger partial charge in [-0.05, 0) is 43.5 Å². The Bertz CT molecular complexity index is 1010. The van der Waals surface area contributed by atoms with E-state index in [4.69, 9.17) is 14.5 Å². The van der Waals surface area contributed by atoms with Crippen LogP contribution in [-0.2, 0) is 4.79 Å². The molecule has 0 radical (unpaired) electrons. The summed E-state index contributed by atoms with van der Waals surface area (Å²) in [4.78, 5) is 26.3. The molecule has 1 saturated heterocycles. The number of nitrogens with one attached hydrogen (secondary N) is 1. The van der Waals surface area contributed by atoms with Gasteiger partial charge in [0.2, 0.25) is 11.9 Å². The molecule has 1 amide bonds. The number of hydrogen-bond acceptors (Lipinski definition) is 7. The number of carbonyl (C=O) groups excluding carboxylic acids is 1. The van der Waals surface area contributed by atoms with Crippen LogP contribution in [0.25, 0.3) is 6.08 Å². The van der Waals surface area contributed by atoms with Crippen molar-refractivity contribution in [3.05, 3.63) is 41.6 Å². The molecule has 4 rings (SSSR count). The van der Waals surface area contributed by atoms with Gasteiger partial charge in [-0.3, -0.25) is 4.79 Å². The standard InChI is InChI=1S/C26H35N5O3/c1-19-17-24(29-26(27-19)28-21-7-5-4-6-8-21)30-13-15-31(16-14-30)25(32)12-10-20-9-11-22(33-2)23(18-20)34-3/h9-12,17-18,21H,4-8,13-16H2,1-3H3,(H,27,28,29)/b12-10+. The molecule has 2 fully saturated rings. The fraction of sp³-hybridized carbons (Fsp3) is 0.500. The fourth-order valence-corrected chi connectivity index (χ4v) is 4.59. The van der Waals surface area contributed by atoms with Crippen LogP contribution in [0.2, 0.25) is 0 Å². The summed E-state index contributed by atoms with van der Waals surface area (Å²) in [7, 11) is 3.21. The summed E-state index contributed by atoms with van der Waals surface area (Å²) in [6.45, 7) is 4.81. The molecule has 0 bridgehead atoms. The molecule has 1 aromatic carbocycles. The van der Waals surface area contributed by atoms with E-state index in [-0.39, 0.29) is 5.91 Å². The Morgan fingerprint density at radius 1 is 1.00 bits per heavy atom. The molecule has 2 aliphatic rings. The van der Waals surface area contributed by atoms with Gasteiger partial charge in [0.1, 0.15) is 5.82 Å². The summed E-state index contributed by atoms with van der Waals surface area (Å²) in [5, 5.41) is 3.54. The average Bonchev–Trinajstić information content (AvgIpc) is 2.87. The second-order valence-corrected chi connectivity index (χ2v) is 8.93. The van der Waals surface area contributed by atoms with Crippen molar-refractivity contribution in [1.29, 1.82) is 0 Å². The van der Waals surface area contributed by atoms with Crippen LogP contribution < -0.4 is 19.7 Å². The van der Waals surface area contributed by atoms with Gasteiger partial charge in [-0.2, -0.15) is 4.98 Å². The third kappa shape index (κ3) is 5.98. The van der Waals surface area contributed by atoms with E-state index in [1.807, 2.05) is 42.2 Å². The number of rotatable bonds is 7. The number of methoxy groups -OCH3 is 2. The van der Waals surface area contributed by atoms with Crippen LogP contribution in [0.5, 0.6) is 11.5 Å². The first kappa shape index (κ1) is 23.9. The first-order valence-electron chi connectivity index (χ1n) is 12.1. The van der Waals surface area contributed by atoms with Gasteiger partial charge in [0.05, 0.1) is 14.2 Å². The number of amides is 1. The van der Waals surface area contributed by atoms with Gasteiger partial charge in [-0.25, -0.2) is 4.98 Å². The maximum atomic E-state index is 12.8. The molecule has 0 spiro atoms. The van der Waals surface area contributed by atoms with Gasteiger partial charge < -0.3 is 24.6 Å². The predicted molar refractivity (Wildman–Crippen MR) is 135 cm³/mol. The maximum absolute atomic E-state index is 12.8. The minimum atomic E-state index is 0.00737. The Labute approximate surface area is 202 Å². The number of carbonyl (C=O) groups is 1. The van der Waals surface area contributed by atoms with Gasteiger partial charge >= 0.3 is 0 Å². The lowest BCUT2D eigenvalue weighted by atomic mass is 9.96. The van der Waals surface area contributed by atoms with E-state index in [0.29, 0.717) is 30.6 Å². The van der Waals surface area contributed by atoms with Crippen molar-refractivity contribution >= 4 is 23.7 Å². The Morgan fingerprint density at radius 3 is 2.44 bits per heavy atom. The highest BCUT2D eigenvalue weighted by molar-refractivity contribution is 5.92. The van der Waals surface area contributed by atoms with Gasteiger partial charge in [-0.15, -0.1) is 0 Å². The number of benzene rings is 1. The minimum Gasteiger partial charge on any atom is -0.493 e.